The van der Waals surface area contributed by atoms with Crippen molar-refractivity contribution in [1.29, 1.82) is 0 Å². The van der Waals surface area contributed by atoms with Gasteiger partial charge in [0.2, 0.25) is 0 Å². The van der Waals surface area contributed by atoms with E-state index in [0.717, 1.165) is 36.5 Å². The maximum atomic E-state index is 13.6. The van der Waals surface area contributed by atoms with Gasteiger partial charge in [0, 0.05) is 22.3 Å². The SMILES string of the molecule is O=C(c1cccc(C(=O)c2ccc3c4c(cccc24)CC3)c1)c1ccc2c3c(cccc13)CC2. The largest absolute Gasteiger partial charge is 0.289 e. The van der Waals surface area contributed by atoms with E-state index in [1.54, 1.807) is 6.07 Å². The van der Waals surface area contributed by atoms with Gasteiger partial charge in [-0.1, -0.05) is 78.9 Å². The minimum atomic E-state index is -0.0364. The van der Waals surface area contributed by atoms with Crippen molar-refractivity contribution in [1.82, 2.24) is 0 Å². The fourth-order valence-electron chi connectivity index (χ4n) is 6.00. The van der Waals surface area contributed by atoms with Crippen LogP contribution >= 0.6 is 0 Å². The Morgan fingerprint density at radius 1 is 0.471 bits per heavy atom. The van der Waals surface area contributed by atoms with Gasteiger partial charge >= 0.3 is 0 Å². The first-order chi connectivity index (χ1) is 16.7. The molecule has 0 atom stereocenters. The Bertz CT molecular complexity index is 1550. The van der Waals surface area contributed by atoms with Gasteiger partial charge in [-0.05, 0) is 75.5 Å². The topological polar surface area (TPSA) is 34.1 Å². The van der Waals surface area contributed by atoms with Crippen LogP contribution in [-0.4, -0.2) is 11.6 Å². The van der Waals surface area contributed by atoms with Crippen LogP contribution in [0.25, 0.3) is 21.5 Å². The molecule has 34 heavy (non-hydrogen) atoms. The molecule has 0 radical (unpaired) electrons. The predicted octanol–water partition coefficient (Wildman–Crippen LogP) is 6.65. The molecule has 0 N–H and O–H groups in total. The molecule has 0 heterocycles. The van der Waals surface area contributed by atoms with Crippen molar-refractivity contribution in [3.05, 3.63) is 129 Å². The van der Waals surface area contributed by atoms with Crippen molar-refractivity contribution >= 4 is 33.1 Å². The predicted molar refractivity (Wildman–Crippen MR) is 136 cm³/mol. The number of carbonyl (C=O) groups is 2. The zero-order chi connectivity index (χ0) is 22.8. The average Bonchev–Trinajstić information content (AvgIpc) is 3.51. The van der Waals surface area contributed by atoms with Gasteiger partial charge in [-0.25, -0.2) is 0 Å². The highest BCUT2D eigenvalue weighted by molar-refractivity contribution is 6.20. The molecule has 0 unspecified atom stereocenters. The quantitative estimate of drug-likeness (QED) is 0.294. The van der Waals surface area contributed by atoms with Crippen molar-refractivity contribution in [2.45, 2.75) is 25.7 Å². The molecule has 0 saturated heterocycles. The lowest BCUT2D eigenvalue weighted by atomic mass is 9.91. The maximum Gasteiger partial charge on any atom is 0.193 e. The standard InChI is InChI=1S/C32H22O2/c33-31(27-16-14-21-12-10-19-4-2-8-25(27)29(19)21)23-6-1-7-24(18-23)32(34)28-17-15-22-13-11-20-5-3-9-26(28)30(20)22/h1-9,14-18H,10-13H2. The summed E-state index contributed by atoms with van der Waals surface area (Å²) in [6.45, 7) is 0. The summed E-state index contributed by atoms with van der Waals surface area (Å²) in [5.41, 5.74) is 7.79. The summed E-state index contributed by atoms with van der Waals surface area (Å²) in [5.74, 6) is -0.0729. The number of ketones is 2. The van der Waals surface area contributed by atoms with Crippen molar-refractivity contribution in [2.24, 2.45) is 0 Å². The van der Waals surface area contributed by atoms with Crippen LogP contribution in [0.4, 0.5) is 0 Å². The van der Waals surface area contributed by atoms with Crippen LogP contribution in [0.15, 0.2) is 84.9 Å². The molecule has 2 aliphatic carbocycles. The van der Waals surface area contributed by atoms with E-state index in [4.69, 9.17) is 0 Å². The third-order valence-corrected chi connectivity index (χ3v) is 7.63. The van der Waals surface area contributed by atoms with Crippen LogP contribution in [0.3, 0.4) is 0 Å². The molecular weight excluding hydrogens is 416 g/mol. The lowest BCUT2D eigenvalue weighted by Crippen LogP contribution is -2.07. The molecule has 2 heteroatoms. The molecule has 0 aliphatic heterocycles. The third kappa shape index (κ3) is 2.75. The second-order valence-electron chi connectivity index (χ2n) is 9.46. The lowest BCUT2D eigenvalue weighted by molar-refractivity contribution is 0.103. The normalized spacial score (nSPS) is 13.6. The Morgan fingerprint density at radius 3 is 1.35 bits per heavy atom. The fourth-order valence-corrected chi connectivity index (χ4v) is 6.00. The molecule has 7 rings (SSSR count). The highest BCUT2D eigenvalue weighted by Crippen LogP contribution is 2.35. The number of rotatable bonds is 4. The molecule has 162 valence electrons. The Labute approximate surface area is 197 Å². The van der Waals surface area contributed by atoms with Crippen LogP contribution in [0.5, 0.6) is 0 Å². The van der Waals surface area contributed by atoms with Gasteiger partial charge in [-0.3, -0.25) is 9.59 Å². The molecule has 0 aromatic heterocycles. The van der Waals surface area contributed by atoms with E-state index in [0.29, 0.717) is 22.3 Å². The molecular formula is C32H22O2. The summed E-state index contributed by atoms with van der Waals surface area (Å²) in [7, 11) is 0. The van der Waals surface area contributed by atoms with Gasteiger partial charge in [0.25, 0.3) is 0 Å². The lowest BCUT2D eigenvalue weighted by Gasteiger charge is -2.11. The van der Waals surface area contributed by atoms with E-state index in [9.17, 15) is 9.59 Å². The van der Waals surface area contributed by atoms with Gasteiger partial charge in [-0.2, -0.15) is 0 Å². The van der Waals surface area contributed by atoms with Gasteiger partial charge in [0.15, 0.2) is 11.6 Å². The summed E-state index contributed by atoms with van der Waals surface area (Å²) in [6.07, 6.45) is 4.12. The fraction of sp³-hybridized carbons (Fsp3) is 0.125. The minimum Gasteiger partial charge on any atom is -0.289 e. The monoisotopic (exact) mass is 438 g/mol. The van der Waals surface area contributed by atoms with Crippen molar-refractivity contribution in [2.75, 3.05) is 0 Å². The van der Waals surface area contributed by atoms with Gasteiger partial charge < -0.3 is 0 Å². The smallest absolute Gasteiger partial charge is 0.193 e. The third-order valence-electron chi connectivity index (χ3n) is 7.63. The first-order valence-corrected chi connectivity index (χ1v) is 12.0. The number of hydrogen-bond acceptors (Lipinski definition) is 2. The average molecular weight is 439 g/mol. The van der Waals surface area contributed by atoms with Crippen LogP contribution < -0.4 is 0 Å². The highest BCUT2D eigenvalue weighted by Gasteiger charge is 2.22. The number of aryl methyl sites for hydroxylation is 4. The molecule has 0 spiro atoms. The molecule has 0 fully saturated rings. The molecule has 5 aromatic carbocycles. The summed E-state index contributed by atoms with van der Waals surface area (Å²) < 4.78 is 0. The van der Waals surface area contributed by atoms with Crippen molar-refractivity contribution in [3.63, 3.8) is 0 Å². The van der Waals surface area contributed by atoms with Crippen LogP contribution in [0, 0.1) is 0 Å². The van der Waals surface area contributed by atoms with Crippen LogP contribution in [0.1, 0.15) is 54.1 Å². The summed E-state index contributed by atoms with van der Waals surface area (Å²) in [4.78, 5) is 27.2. The van der Waals surface area contributed by atoms with Gasteiger partial charge in [0.05, 0.1) is 0 Å². The van der Waals surface area contributed by atoms with Gasteiger partial charge in [0.1, 0.15) is 0 Å². The Hall–Kier alpha value is -4.04. The molecule has 0 saturated carbocycles. The Kier molecular flexibility index (Phi) is 4.13. The molecule has 0 amide bonds. The summed E-state index contributed by atoms with van der Waals surface area (Å²) >= 11 is 0. The summed E-state index contributed by atoms with van der Waals surface area (Å²) in [5, 5.41) is 4.49. The second-order valence-corrected chi connectivity index (χ2v) is 9.46. The molecule has 5 aromatic rings. The van der Waals surface area contributed by atoms with Crippen LogP contribution in [-0.2, 0) is 25.7 Å². The van der Waals surface area contributed by atoms with E-state index in [1.807, 2.05) is 54.6 Å². The molecule has 2 aliphatic rings. The number of hydrogen-bond donors (Lipinski definition) is 0. The Balaban J connectivity index is 1.31. The highest BCUT2D eigenvalue weighted by atomic mass is 16.1. The first-order valence-electron chi connectivity index (χ1n) is 12.0. The number of benzene rings is 5. The van der Waals surface area contributed by atoms with E-state index < -0.39 is 0 Å². The van der Waals surface area contributed by atoms with E-state index in [2.05, 4.69) is 24.3 Å². The van der Waals surface area contributed by atoms with Gasteiger partial charge in [-0.15, -0.1) is 0 Å². The molecule has 2 nitrogen and oxygen atoms in total. The second kappa shape index (κ2) is 7.23. The zero-order valence-electron chi connectivity index (χ0n) is 18.7. The first kappa shape index (κ1) is 19.4. The Morgan fingerprint density at radius 2 is 0.882 bits per heavy atom. The number of carbonyl (C=O) groups excluding carboxylic acids is 2. The zero-order valence-corrected chi connectivity index (χ0v) is 18.7. The minimum absolute atomic E-state index is 0.0364. The van der Waals surface area contributed by atoms with Crippen molar-refractivity contribution < 1.29 is 9.59 Å². The van der Waals surface area contributed by atoms with Crippen molar-refractivity contribution in [3.8, 4) is 0 Å². The van der Waals surface area contributed by atoms with E-state index in [-0.39, 0.29) is 11.6 Å². The maximum absolute atomic E-state index is 13.6. The van der Waals surface area contributed by atoms with E-state index >= 15 is 0 Å². The van der Waals surface area contributed by atoms with Crippen LogP contribution in [0.2, 0.25) is 0 Å². The summed E-state index contributed by atoms with van der Waals surface area (Å²) in [6, 6.07) is 27.8. The van der Waals surface area contributed by atoms with E-state index in [1.165, 1.54) is 33.0 Å². The molecule has 0 bridgehead atoms.